The van der Waals surface area contributed by atoms with Crippen LogP contribution in [-0.4, -0.2) is 13.2 Å². The first kappa shape index (κ1) is 16.9. The van der Waals surface area contributed by atoms with E-state index < -0.39 is 0 Å². The van der Waals surface area contributed by atoms with Crippen molar-refractivity contribution in [1.29, 1.82) is 0 Å². The third kappa shape index (κ3) is 4.75. The number of benzene rings is 2. The van der Waals surface area contributed by atoms with Gasteiger partial charge >= 0.3 is 0 Å². The largest absolute Gasteiger partial charge is 0.494 e. The van der Waals surface area contributed by atoms with Gasteiger partial charge in [0.15, 0.2) is 0 Å². The summed E-state index contributed by atoms with van der Waals surface area (Å²) >= 11 is 5.95. The minimum absolute atomic E-state index is 0.392. The molecule has 0 aromatic heterocycles. The summed E-state index contributed by atoms with van der Waals surface area (Å²) in [6.45, 7) is 5.63. The highest BCUT2D eigenvalue weighted by atomic mass is 35.5. The highest BCUT2D eigenvalue weighted by molar-refractivity contribution is 6.30. The van der Waals surface area contributed by atoms with Gasteiger partial charge in [-0.25, -0.2) is 0 Å². The van der Waals surface area contributed by atoms with Crippen LogP contribution in [0.25, 0.3) is 0 Å². The van der Waals surface area contributed by atoms with Crippen molar-refractivity contribution >= 4 is 11.6 Å². The molecule has 0 heterocycles. The van der Waals surface area contributed by atoms with Crippen LogP contribution in [0, 0.1) is 13.8 Å². The van der Waals surface area contributed by atoms with E-state index in [9.17, 15) is 0 Å². The molecule has 0 aliphatic carbocycles. The molecule has 0 radical (unpaired) electrons. The molecule has 0 amide bonds. The van der Waals surface area contributed by atoms with Crippen LogP contribution in [0.5, 0.6) is 5.75 Å². The fourth-order valence-electron chi connectivity index (χ4n) is 2.68. The Morgan fingerprint density at radius 3 is 2.68 bits per heavy atom. The normalized spacial score (nSPS) is 12.2. The second-order valence-corrected chi connectivity index (χ2v) is 6.18. The molecule has 2 aromatic rings. The molecular weight excluding hydrogens is 294 g/mol. The van der Waals surface area contributed by atoms with E-state index in [1.165, 1.54) is 16.7 Å². The van der Waals surface area contributed by atoms with E-state index in [1.807, 2.05) is 24.3 Å². The van der Waals surface area contributed by atoms with E-state index in [0.29, 0.717) is 24.1 Å². The third-order valence-electron chi connectivity index (χ3n) is 3.92. The smallest absolute Gasteiger partial charge is 0.120 e. The minimum Gasteiger partial charge on any atom is -0.494 e. The van der Waals surface area contributed by atoms with Crippen molar-refractivity contribution < 1.29 is 4.74 Å². The fourth-order valence-corrected chi connectivity index (χ4v) is 2.86. The summed E-state index contributed by atoms with van der Waals surface area (Å²) in [6, 6.07) is 14.1. The number of ether oxygens (including phenoxy) is 1. The molecule has 0 saturated carbocycles. The molecule has 118 valence electrons. The van der Waals surface area contributed by atoms with Crippen molar-refractivity contribution in [2.24, 2.45) is 5.73 Å². The topological polar surface area (TPSA) is 35.2 Å². The molecule has 2 nitrogen and oxygen atoms in total. The average Bonchev–Trinajstić information content (AvgIpc) is 2.50. The minimum atomic E-state index is 0.392. The van der Waals surface area contributed by atoms with Crippen molar-refractivity contribution in [1.82, 2.24) is 0 Å². The molecule has 2 N–H and O–H groups in total. The van der Waals surface area contributed by atoms with Gasteiger partial charge in [0, 0.05) is 5.02 Å². The zero-order valence-corrected chi connectivity index (χ0v) is 14.1. The molecule has 0 spiro atoms. The first-order chi connectivity index (χ1) is 10.6. The number of rotatable bonds is 7. The summed E-state index contributed by atoms with van der Waals surface area (Å²) in [5.74, 6) is 1.21. The predicted octanol–water partition coefficient (Wildman–Crippen LogP) is 4.86. The second kappa shape index (κ2) is 8.21. The SMILES string of the molecule is Cc1ccc(C)c(C(CN)CCCOc2cccc(Cl)c2)c1. The molecule has 0 fully saturated rings. The van der Waals surface area contributed by atoms with Crippen LogP contribution in [0.3, 0.4) is 0 Å². The number of halogens is 1. The third-order valence-corrected chi connectivity index (χ3v) is 4.16. The van der Waals surface area contributed by atoms with Gasteiger partial charge in [-0.05, 0) is 68.5 Å². The van der Waals surface area contributed by atoms with Gasteiger partial charge in [-0.15, -0.1) is 0 Å². The highest BCUT2D eigenvalue weighted by Gasteiger charge is 2.12. The van der Waals surface area contributed by atoms with E-state index in [0.717, 1.165) is 18.6 Å². The first-order valence-corrected chi connectivity index (χ1v) is 8.13. The van der Waals surface area contributed by atoms with Crippen LogP contribution in [0.15, 0.2) is 42.5 Å². The van der Waals surface area contributed by atoms with E-state index in [1.54, 1.807) is 0 Å². The highest BCUT2D eigenvalue weighted by Crippen LogP contribution is 2.25. The Morgan fingerprint density at radius 1 is 1.14 bits per heavy atom. The Labute approximate surface area is 138 Å². The predicted molar refractivity (Wildman–Crippen MR) is 93.9 cm³/mol. The lowest BCUT2D eigenvalue weighted by molar-refractivity contribution is 0.301. The lowest BCUT2D eigenvalue weighted by Crippen LogP contribution is -2.15. The van der Waals surface area contributed by atoms with E-state index in [-0.39, 0.29) is 0 Å². The molecular formula is C19H24ClNO. The number of aryl methyl sites for hydroxylation is 2. The van der Waals surface area contributed by atoms with E-state index >= 15 is 0 Å². The van der Waals surface area contributed by atoms with Crippen molar-refractivity contribution in [2.45, 2.75) is 32.6 Å². The van der Waals surface area contributed by atoms with Gasteiger partial charge in [0.2, 0.25) is 0 Å². The van der Waals surface area contributed by atoms with Crippen LogP contribution in [0.2, 0.25) is 5.02 Å². The van der Waals surface area contributed by atoms with E-state index in [2.05, 4.69) is 32.0 Å². The molecule has 2 aromatic carbocycles. The van der Waals surface area contributed by atoms with Crippen molar-refractivity contribution in [3.63, 3.8) is 0 Å². The zero-order valence-electron chi connectivity index (χ0n) is 13.3. The maximum atomic E-state index is 5.98. The first-order valence-electron chi connectivity index (χ1n) is 7.75. The van der Waals surface area contributed by atoms with Gasteiger partial charge in [0.1, 0.15) is 5.75 Å². The summed E-state index contributed by atoms with van der Waals surface area (Å²) in [5.41, 5.74) is 9.95. The fraction of sp³-hybridized carbons (Fsp3) is 0.368. The Kier molecular flexibility index (Phi) is 6.29. The average molecular weight is 318 g/mol. The van der Waals surface area contributed by atoms with Gasteiger partial charge in [0.25, 0.3) is 0 Å². The van der Waals surface area contributed by atoms with Crippen LogP contribution in [-0.2, 0) is 0 Å². The van der Waals surface area contributed by atoms with E-state index in [4.69, 9.17) is 22.1 Å². The van der Waals surface area contributed by atoms with Gasteiger partial charge in [-0.2, -0.15) is 0 Å². The van der Waals surface area contributed by atoms with Crippen molar-refractivity contribution in [2.75, 3.05) is 13.2 Å². The Morgan fingerprint density at radius 2 is 1.95 bits per heavy atom. The van der Waals surface area contributed by atoms with Gasteiger partial charge in [-0.3, -0.25) is 0 Å². The van der Waals surface area contributed by atoms with Crippen LogP contribution >= 0.6 is 11.6 Å². The molecule has 3 heteroatoms. The summed E-state index contributed by atoms with van der Waals surface area (Å²) in [4.78, 5) is 0. The van der Waals surface area contributed by atoms with Crippen molar-refractivity contribution in [3.8, 4) is 5.75 Å². The number of nitrogens with two attached hydrogens (primary N) is 1. The summed E-state index contributed by atoms with van der Waals surface area (Å²) in [5, 5.41) is 0.702. The molecule has 1 atom stereocenters. The Balaban J connectivity index is 1.87. The van der Waals surface area contributed by atoms with Gasteiger partial charge < -0.3 is 10.5 Å². The molecule has 0 saturated heterocycles. The molecule has 22 heavy (non-hydrogen) atoms. The monoisotopic (exact) mass is 317 g/mol. The van der Waals surface area contributed by atoms with Crippen molar-refractivity contribution in [3.05, 3.63) is 64.2 Å². The number of hydrogen-bond acceptors (Lipinski definition) is 2. The number of hydrogen-bond donors (Lipinski definition) is 1. The van der Waals surface area contributed by atoms with Gasteiger partial charge in [0.05, 0.1) is 6.61 Å². The summed E-state index contributed by atoms with van der Waals surface area (Å²) in [6.07, 6.45) is 2.00. The zero-order chi connectivity index (χ0) is 15.9. The van der Waals surface area contributed by atoms with Gasteiger partial charge in [-0.1, -0.05) is 41.4 Å². The summed E-state index contributed by atoms with van der Waals surface area (Å²) in [7, 11) is 0. The maximum absolute atomic E-state index is 5.98. The molecule has 1 unspecified atom stereocenters. The van der Waals surface area contributed by atoms with Crippen LogP contribution < -0.4 is 10.5 Å². The molecule has 0 aliphatic heterocycles. The molecule has 2 rings (SSSR count). The Hall–Kier alpha value is -1.51. The Bertz CT molecular complexity index is 612. The molecule has 0 bridgehead atoms. The summed E-state index contributed by atoms with van der Waals surface area (Å²) < 4.78 is 5.75. The van der Waals surface area contributed by atoms with Crippen LogP contribution in [0.1, 0.15) is 35.4 Å². The standard InChI is InChI=1S/C19H24ClNO/c1-14-8-9-15(2)19(11-14)16(13-21)5-4-10-22-18-7-3-6-17(20)12-18/h3,6-9,11-12,16H,4-5,10,13,21H2,1-2H3. The lowest BCUT2D eigenvalue weighted by atomic mass is 9.90. The quantitative estimate of drug-likeness (QED) is 0.740. The second-order valence-electron chi connectivity index (χ2n) is 5.74. The molecule has 0 aliphatic rings. The maximum Gasteiger partial charge on any atom is 0.120 e. The lowest BCUT2D eigenvalue weighted by Gasteiger charge is -2.18. The van der Waals surface area contributed by atoms with Crippen LogP contribution in [0.4, 0.5) is 0 Å².